The van der Waals surface area contributed by atoms with E-state index in [-0.39, 0.29) is 12.1 Å². The first kappa shape index (κ1) is 14.8. The van der Waals surface area contributed by atoms with Crippen LogP contribution in [0, 0.1) is 0 Å². The van der Waals surface area contributed by atoms with Crippen LogP contribution in [0.4, 0.5) is 0 Å². The number of hydrogen-bond acceptors (Lipinski definition) is 3. The second-order valence-corrected chi connectivity index (χ2v) is 7.24. The van der Waals surface area contributed by atoms with Gasteiger partial charge in [0.2, 0.25) is 0 Å². The van der Waals surface area contributed by atoms with Gasteiger partial charge in [-0.25, -0.2) is 0 Å². The van der Waals surface area contributed by atoms with Crippen LogP contribution < -0.4 is 5.32 Å². The highest BCUT2D eigenvalue weighted by molar-refractivity contribution is 7.11. The second kappa shape index (κ2) is 6.75. The lowest BCUT2D eigenvalue weighted by Gasteiger charge is -2.23. The summed E-state index contributed by atoms with van der Waals surface area (Å²) in [5, 5.41) is 8.77. The van der Waals surface area contributed by atoms with Crippen LogP contribution in [0.15, 0.2) is 59.3 Å². The molecular weight excluding hydrogens is 318 g/mol. The molecule has 0 amide bonds. The fraction of sp³-hybridized carbons (Fsp3) is 0.176. The minimum Gasteiger partial charge on any atom is -0.298 e. The van der Waals surface area contributed by atoms with E-state index in [1.807, 2.05) is 18.2 Å². The van der Waals surface area contributed by atoms with Gasteiger partial charge in [-0.1, -0.05) is 41.9 Å². The first-order valence-electron chi connectivity index (χ1n) is 6.83. The number of halogens is 1. The molecule has 0 saturated heterocycles. The molecule has 0 bridgehead atoms. The Labute approximate surface area is 138 Å². The summed E-state index contributed by atoms with van der Waals surface area (Å²) in [7, 11) is 0. The zero-order chi connectivity index (χ0) is 14.7. The maximum atomic E-state index is 6.32. The molecule has 4 heteroatoms. The standard InChI is InChI=1S/C17H16ClNS2/c1-12(13-6-2-3-7-14(13)18)19-17(15-8-4-10-20-15)16-9-5-11-21-16/h2-12,17,19H,1H3/t12-/m1/s1. The van der Waals surface area contributed by atoms with Crippen molar-refractivity contribution in [2.24, 2.45) is 0 Å². The Morgan fingerprint density at radius 2 is 1.52 bits per heavy atom. The maximum Gasteiger partial charge on any atom is 0.0769 e. The van der Waals surface area contributed by atoms with Crippen LogP contribution in [0.25, 0.3) is 0 Å². The lowest BCUT2D eigenvalue weighted by molar-refractivity contribution is 0.527. The molecule has 3 rings (SSSR count). The van der Waals surface area contributed by atoms with Crippen LogP contribution in [0.3, 0.4) is 0 Å². The minimum absolute atomic E-state index is 0.188. The Morgan fingerprint density at radius 3 is 2.05 bits per heavy atom. The molecule has 0 aliphatic heterocycles. The quantitative estimate of drug-likeness (QED) is 0.612. The highest BCUT2D eigenvalue weighted by Crippen LogP contribution is 2.32. The Kier molecular flexibility index (Phi) is 4.76. The van der Waals surface area contributed by atoms with Crippen LogP contribution in [0.2, 0.25) is 5.02 Å². The molecule has 0 radical (unpaired) electrons. The van der Waals surface area contributed by atoms with Gasteiger partial charge in [0, 0.05) is 20.8 Å². The predicted molar refractivity (Wildman–Crippen MR) is 93.5 cm³/mol. The first-order valence-corrected chi connectivity index (χ1v) is 8.96. The maximum absolute atomic E-state index is 6.32. The largest absolute Gasteiger partial charge is 0.298 e. The van der Waals surface area contributed by atoms with Gasteiger partial charge in [0.15, 0.2) is 0 Å². The lowest BCUT2D eigenvalue weighted by Crippen LogP contribution is -2.24. The molecule has 0 spiro atoms. The van der Waals surface area contributed by atoms with Crippen molar-refractivity contribution in [1.29, 1.82) is 0 Å². The summed E-state index contributed by atoms with van der Waals surface area (Å²) < 4.78 is 0. The van der Waals surface area contributed by atoms with Crippen molar-refractivity contribution in [3.63, 3.8) is 0 Å². The normalized spacial score (nSPS) is 12.7. The summed E-state index contributed by atoms with van der Waals surface area (Å²) in [5.74, 6) is 0. The van der Waals surface area contributed by atoms with Gasteiger partial charge in [-0.3, -0.25) is 5.32 Å². The molecule has 0 saturated carbocycles. The zero-order valence-corrected chi connectivity index (χ0v) is 14.0. The van der Waals surface area contributed by atoms with Gasteiger partial charge in [0.1, 0.15) is 0 Å². The van der Waals surface area contributed by atoms with Crippen LogP contribution >= 0.6 is 34.3 Å². The number of hydrogen-bond donors (Lipinski definition) is 1. The molecule has 3 aromatic rings. The van der Waals surface area contributed by atoms with Crippen LogP contribution in [-0.4, -0.2) is 0 Å². The monoisotopic (exact) mass is 333 g/mol. The third-order valence-electron chi connectivity index (χ3n) is 3.44. The van der Waals surface area contributed by atoms with Crippen molar-refractivity contribution >= 4 is 34.3 Å². The highest BCUT2D eigenvalue weighted by Gasteiger charge is 2.20. The number of benzene rings is 1. The first-order chi connectivity index (χ1) is 10.3. The average molecular weight is 334 g/mol. The fourth-order valence-corrected chi connectivity index (χ4v) is 4.36. The van der Waals surface area contributed by atoms with E-state index in [1.54, 1.807) is 22.7 Å². The highest BCUT2D eigenvalue weighted by atomic mass is 35.5. The molecule has 0 unspecified atom stereocenters. The molecule has 1 nitrogen and oxygen atoms in total. The molecule has 1 aromatic carbocycles. The summed E-state index contributed by atoms with van der Waals surface area (Å²) in [6.45, 7) is 2.16. The molecule has 0 fully saturated rings. The van der Waals surface area contributed by atoms with E-state index in [4.69, 9.17) is 11.6 Å². The third-order valence-corrected chi connectivity index (χ3v) is 5.66. The Hall–Kier alpha value is -1.13. The fourth-order valence-electron chi connectivity index (χ4n) is 2.38. The third kappa shape index (κ3) is 3.38. The molecule has 21 heavy (non-hydrogen) atoms. The average Bonchev–Trinajstić information content (AvgIpc) is 3.18. The van der Waals surface area contributed by atoms with E-state index in [9.17, 15) is 0 Å². The van der Waals surface area contributed by atoms with Gasteiger partial charge in [-0.05, 0) is 41.4 Å². The van der Waals surface area contributed by atoms with Gasteiger partial charge in [0.25, 0.3) is 0 Å². The van der Waals surface area contributed by atoms with Gasteiger partial charge in [0.05, 0.1) is 6.04 Å². The van der Waals surface area contributed by atoms with Gasteiger partial charge < -0.3 is 0 Å². The zero-order valence-electron chi connectivity index (χ0n) is 11.6. The van der Waals surface area contributed by atoms with Crippen molar-refractivity contribution in [1.82, 2.24) is 5.32 Å². The topological polar surface area (TPSA) is 12.0 Å². The van der Waals surface area contributed by atoms with Gasteiger partial charge in [-0.2, -0.15) is 0 Å². The summed E-state index contributed by atoms with van der Waals surface area (Å²) in [4.78, 5) is 2.66. The van der Waals surface area contributed by atoms with E-state index in [0.717, 1.165) is 10.6 Å². The van der Waals surface area contributed by atoms with Crippen molar-refractivity contribution in [2.45, 2.75) is 19.0 Å². The van der Waals surface area contributed by atoms with E-state index in [0.29, 0.717) is 0 Å². The van der Waals surface area contributed by atoms with Crippen LogP contribution in [-0.2, 0) is 0 Å². The summed E-state index contributed by atoms with van der Waals surface area (Å²) in [5.41, 5.74) is 1.14. The molecular formula is C17H16ClNS2. The van der Waals surface area contributed by atoms with Gasteiger partial charge >= 0.3 is 0 Å². The molecule has 2 aromatic heterocycles. The van der Waals surface area contributed by atoms with Gasteiger partial charge in [-0.15, -0.1) is 22.7 Å². The van der Waals surface area contributed by atoms with Crippen molar-refractivity contribution < 1.29 is 0 Å². The van der Waals surface area contributed by atoms with Crippen molar-refractivity contribution in [3.8, 4) is 0 Å². The SMILES string of the molecule is C[C@@H](NC(c1cccs1)c1cccs1)c1ccccc1Cl. The van der Waals surface area contributed by atoms with E-state index in [1.165, 1.54) is 9.75 Å². The van der Waals surface area contributed by atoms with Crippen molar-refractivity contribution in [2.75, 3.05) is 0 Å². The summed E-state index contributed by atoms with van der Waals surface area (Å²) in [6.07, 6.45) is 0. The Morgan fingerprint density at radius 1 is 0.905 bits per heavy atom. The second-order valence-electron chi connectivity index (χ2n) is 4.87. The molecule has 1 atom stereocenters. The van der Waals surface area contributed by atoms with Crippen LogP contribution in [0.1, 0.15) is 34.3 Å². The molecule has 0 aliphatic rings. The number of thiophene rings is 2. The molecule has 0 aliphatic carbocycles. The summed E-state index contributed by atoms with van der Waals surface area (Å²) in [6, 6.07) is 17.0. The molecule has 108 valence electrons. The number of nitrogens with one attached hydrogen (secondary N) is 1. The summed E-state index contributed by atoms with van der Waals surface area (Å²) >= 11 is 9.88. The van der Waals surface area contributed by atoms with E-state index < -0.39 is 0 Å². The smallest absolute Gasteiger partial charge is 0.0769 e. The molecule has 1 N–H and O–H groups in total. The molecule has 2 heterocycles. The number of rotatable bonds is 5. The predicted octanol–water partition coefficient (Wildman–Crippen LogP) is 5.90. The van der Waals surface area contributed by atoms with E-state index >= 15 is 0 Å². The Bertz CT molecular complexity index is 642. The Balaban J connectivity index is 1.87. The lowest BCUT2D eigenvalue weighted by atomic mass is 10.1. The van der Waals surface area contributed by atoms with Crippen molar-refractivity contribution in [3.05, 3.63) is 79.6 Å². The minimum atomic E-state index is 0.188. The van der Waals surface area contributed by atoms with E-state index in [2.05, 4.69) is 53.3 Å². The van der Waals surface area contributed by atoms with Crippen LogP contribution in [0.5, 0.6) is 0 Å².